The molecule has 29 heteroatoms. The quantitative estimate of drug-likeness (QED) is 0.0230. The van der Waals surface area contributed by atoms with Gasteiger partial charge in [-0.05, 0) is 0 Å². The molecule has 0 aromatic heterocycles. The van der Waals surface area contributed by atoms with Crippen LogP contribution in [0, 0.1) is 0 Å². The van der Waals surface area contributed by atoms with Crippen LogP contribution in [-0.2, 0) is 66.1 Å². The molecule has 0 radical (unpaired) electrons. The summed E-state index contributed by atoms with van der Waals surface area (Å²) in [5.74, 6) is -1.89. The van der Waals surface area contributed by atoms with E-state index in [0.29, 0.717) is 0 Å². The fourth-order valence-electron chi connectivity index (χ4n) is 6.48. The highest BCUT2D eigenvalue weighted by atomic mass is 31.2. The lowest BCUT2D eigenvalue weighted by molar-refractivity contribution is -0.297. The Bertz CT molecular complexity index is 1300. The van der Waals surface area contributed by atoms with Crippen LogP contribution in [0.15, 0.2) is 0 Å². The number of hydrogen-bond donors (Lipinski definition) is 13. The minimum absolute atomic E-state index is 0.548. The van der Waals surface area contributed by atoms with Crippen molar-refractivity contribution >= 4 is 25.3 Å². The largest absolute Gasteiger partial charge is 0.779 e. The molecule has 0 aromatic carbocycles. The Morgan fingerprint density at radius 1 is 0.581 bits per heavy atom. The van der Waals surface area contributed by atoms with Gasteiger partial charge in [-0.3, -0.25) is 19.7 Å². The molecule has 362 valence electrons. The number of aliphatic hydroxyl groups is 9. The van der Waals surface area contributed by atoms with E-state index in [1.165, 1.54) is 0 Å². The number of nitrogens with one attached hydrogen (secondary N) is 4. The normalized spacial score (nSPS) is 35.9. The summed E-state index contributed by atoms with van der Waals surface area (Å²) in [6, 6.07) is -4.03. The monoisotopic (exact) mass is 927 g/mol. The van der Waals surface area contributed by atoms with Gasteiger partial charge in [-0.1, -0.05) is 0 Å². The van der Waals surface area contributed by atoms with Gasteiger partial charge in [0.2, 0.25) is 17.7 Å². The Morgan fingerprint density at radius 3 is 1.11 bits per heavy atom. The summed E-state index contributed by atoms with van der Waals surface area (Å²) in [5.41, 5.74) is -1.71. The lowest BCUT2D eigenvalue weighted by atomic mass is 9.97. The van der Waals surface area contributed by atoms with Crippen molar-refractivity contribution in [1.82, 2.24) is 21.3 Å². The molecule has 16 unspecified atom stereocenters. The molecule has 13 N–H and O–H groups in total. The lowest BCUT2D eigenvalue weighted by Gasteiger charge is -2.42. The number of hydrogen-bond acceptors (Lipinski definition) is 25. The maximum Gasteiger partial charge on any atom is 0.217 e. The van der Waals surface area contributed by atoms with Crippen LogP contribution in [-0.4, -0.2) is 235 Å². The van der Waals surface area contributed by atoms with Crippen LogP contribution in [0.1, 0.15) is 20.8 Å². The molecule has 0 aromatic rings. The van der Waals surface area contributed by atoms with E-state index in [-0.39, 0.29) is 0 Å². The lowest BCUT2D eigenvalue weighted by Crippen LogP contribution is -2.65. The van der Waals surface area contributed by atoms with Crippen molar-refractivity contribution in [2.75, 3.05) is 73.4 Å². The number of rotatable bonds is 25. The van der Waals surface area contributed by atoms with Crippen molar-refractivity contribution in [1.29, 1.82) is 0 Å². The van der Waals surface area contributed by atoms with Crippen LogP contribution in [0.3, 0.4) is 0 Å². The average Bonchev–Trinajstić information content (AvgIpc) is 3.20. The molecule has 0 aliphatic carbocycles. The van der Waals surface area contributed by atoms with Crippen LogP contribution >= 0.6 is 7.60 Å². The molecule has 3 heterocycles. The predicted octanol–water partition coefficient (Wildman–Crippen LogP) is -8.72. The van der Waals surface area contributed by atoms with E-state index in [4.69, 9.17) is 47.2 Å². The highest BCUT2D eigenvalue weighted by Crippen LogP contribution is 2.31. The standard InChI is InChI=1S/C33H61N4O24P/c1-15(41)35-21-27(47)24(44)18(5-38)59-30(21)55-12-52-8-33(34-11-58-62(4,50)51,9-53-13-56-31-22(36-16(2)42)28(48)25(45)19(6-39)60-31)10-54-14-57-32-23(37-17(3)43)29(49)26(46)20(7-40)61-32/h18-32,34,38-40,44-49H,5-14H2,1-4H3,(H,35,41)(H,36,42)(H,37,43)(H,50,51)/p-1. The smallest absolute Gasteiger partial charge is 0.217 e. The van der Waals surface area contributed by atoms with Crippen molar-refractivity contribution in [2.45, 2.75) is 118 Å². The minimum atomic E-state index is -4.37. The first kappa shape index (κ1) is 54.1. The van der Waals surface area contributed by atoms with E-state index < -0.39 is 190 Å². The second-order valence-electron chi connectivity index (χ2n) is 14.7. The van der Waals surface area contributed by atoms with E-state index in [2.05, 4.69) is 21.3 Å². The molecule has 0 bridgehead atoms. The summed E-state index contributed by atoms with van der Waals surface area (Å²) in [4.78, 5) is 47.6. The zero-order valence-corrected chi connectivity index (χ0v) is 35.2. The molecular weight excluding hydrogens is 867 g/mol. The van der Waals surface area contributed by atoms with E-state index in [9.17, 15) is 69.8 Å². The minimum Gasteiger partial charge on any atom is -0.779 e. The fraction of sp³-hybridized carbons (Fsp3) is 0.909. The maximum absolute atomic E-state index is 12.0. The summed E-state index contributed by atoms with van der Waals surface area (Å²) < 4.78 is 67.5. The first-order valence-corrected chi connectivity index (χ1v) is 21.1. The Kier molecular flexibility index (Phi) is 22.3. The van der Waals surface area contributed by atoms with E-state index >= 15 is 0 Å². The third kappa shape index (κ3) is 16.0. The van der Waals surface area contributed by atoms with Gasteiger partial charge in [0, 0.05) is 27.4 Å². The zero-order chi connectivity index (χ0) is 46.4. The van der Waals surface area contributed by atoms with Gasteiger partial charge in [0.15, 0.2) is 18.9 Å². The van der Waals surface area contributed by atoms with Crippen molar-refractivity contribution < 1.29 is 117 Å². The first-order valence-electron chi connectivity index (χ1n) is 19.1. The number of aliphatic hydroxyl groups excluding tert-OH is 9. The third-order valence-electron chi connectivity index (χ3n) is 9.58. The maximum atomic E-state index is 12.0. The summed E-state index contributed by atoms with van der Waals surface area (Å²) in [6.45, 7) is -2.54. The van der Waals surface area contributed by atoms with Gasteiger partial charge < -0.3 is 119 Å². The molecule has 3 amide bonds. The van der Waals surface area contributed by atoms with Gasteiger partial charge in [-0.25, -0.2) is 0 Å². The number of amides is 3. The van der Waals surface area contributed by atoms with Crippen molar-refractivity contribution in [3.63, 3.8) is 0 Å². The summed E-state index contributed by atoms with van der Waals surface area (Å²) in [5, 5.41) is 102. The van der Waals surface area contributed by atoms with Gasteiger partial charge in [-0.2, -0.15) is 0 Å². The van der Waals surface area contributed by atoms with Gasteiger partial charge in [0.05, 0.1) is 45.2 Å². The van der Waals surface area contributed by atoms with Gasteiger partial charge in [0.25, 0.3) is 0 Å². The van der Waals surface area contributed by atoms with Crippen LogP contribution in [0.25, 0.3) is 0 Å². The second-order valence-corrected chi connectivity index (χ2v) is 16.5. The summed E-state index contributed by atoms with van der Waals surface area (Å²) >= 11 is 0. The summed E-state index contributed by atoms with van der Waals surface area (Å²) in [7, 11) is -4.37. The highest BCUT2D eigenvalue weighted by Gasteiger charge is 2.48. The summed E-state index contributed by atoms with van der Waals surface area (Å²) in [6.07, 6.45) is -18.3. The predicted molar refractivity (Wildman–Crippen MR) is 197 cm³/mol. The second kappa shape index (κ2) is 25.5. The number of carbonyl (C=O) groups excluding carboxylic acids is 3. The van der Waals surface area contributed by atoms with Crippen molar-refractivity contribution in [3.05, 3.63) is 0 Å². The molecule has 3 rings (SSSR count). The molecular formula is C33H60N4O24P-. The molecule has 62 heavy (non-hydrogen) atoms. The first-order chi connectivity index (χ1) is 29.2. The van der Waals surface area contributed by atoms with Crippen molar-refractivity contribution in [3.8, 4) is 0 Å². The van der Waals surface area contributed by atoms with Crippen LogP contribution in [0.5, 0.6) is 0 Å². The Balaban J connectivity index is 1.84. The molecule has 28 nitrogen and oxygen atoms in total. The molecule has 3 fully saturated rings. The molecule has 3 saturated heterocycles. The zero-order valence-electron chi connectivity index (χ0n) is 34.3. The average molecular weight is 928 g/mol. The SMILES string of the molecule is CC(=O)NC1C(OCOCC(COCOC2OC(CO)C(O)C(O)C2NC(C)=O)(COCOC2OC(CO)C(O)C(O)C2NC(C)=O)NCOP(C)(=O)[O-])OC(CO)C(O)C1O. The molecule has 3 aliphatic rings. The van der Waals surface area contributed by atoms with E-state index in [1.807, 2.05) is 0 Å². The third-order valence-corrected chi connectivity index (χ3v) is 10.2. The van der Waals surface area contributed by atoms with Gasteiger partial charge in [-0.15, -0.1) is 0 Å². The van der Waals surface area contributed by atoms with Crippen LogP contribution in [0.2, 0.25) is 0 Å². The molecule has 3 aliphatic heterocycles. The van der Waals surface area contributed by atoms with Crippen LogP contribution < -0.4 is 26.2 Å². The molecule has 0 saturated carbocycles. The number of ether oxygens (including phenoxy) is 9. The fourth-order valence-corrected chi connectivity index (χ4v) is 6.78. The Labute approximate surface area is 355 Å². The highest BCUT2D eigenvalue weighted by molar-refractivity contribution is 7.50. The Hall–Kier alpha value is -2.20. The van der Waals surface area contributed by atoms with Crippen LogP contribution in [0.4, 0.5) is 0 Å². The van der Waals surface area contributed by atoms with Crippen molar-refractivity contribution in [2.24, 2.45) is 0 Å². The molecule has 16 atom stereocenters. The topological polar surface area (TPSA) is 414 Å². The van der Waals surface area contributed by atoms with Gasteiger partial charge in [0.1, 0.15) is 108 Å². The Morgan fingerprint density at radius 2 is 0.871 bits per heavy atom. The number of carbonyl (C=O) groups is 3. The van der Waals surface area contributed by atoms with Gasteiger partial charge >= 0.3 is 0 Å². The molecule has 0 spiro atoms. The van der Waals surface area contributed by atoms with E-state index in [1.54, 1.807) is 0 Å². The van der Waals surface area contributed by atoms with E-state index in [0.717, 1.165) is 27.4 Å².